The average Bonchev–Trinajstić information content (AvgIpc) is 2.44. The van der Waals surface area contributed by atoms with Crippen LogP contribution in [0.15, 0.2) is 24.4 Å². The van der Waals surface area contributed by atoms with Crippen molar-refractivity contribution >= 4 is 36.6 Å². The Bertz CT molecular complexity index is 486. The molecule has 0 saturated heterocycles. The first-order valence-electron chi connectivity index (χ1n) is 7.06. The zero-order valence-electron chi connectivity index (χ0n) is 13.7. The van der Waals surface area contributed by atoms with Gasteiger partial charge in [-0.15, -0.1) is 24.8 Å². The Balaban J connectivity index is 0. The number of nitrogens with zero attached hydrogens (tertiary/aromatic N) is 1. The van der Waals surface area contributed by atoms with Gasteiger partial charge in [0.15, 0.2) is 0 Å². The Morgan fingerprint density at radius 3 is 2.43 bits per heavy atom. The quantitative estimate of drug-likeness (QED) is 0.683. The minimum Gasteiger partial charge on any atom is -0.348 e. The molecule has 0 aliphatic rings. The first kappa shape index (κ1) is 23.9. The van der Waals surface area contributed by atoms with Crippen molar-refractivity contribution in [2.45, 2.75) is 32.7 Å². The molecule has 0 saturated carbocycles. The van der Waals surface area contributed by atoms with Crippen LogP contribution in [0.25, 0.3) is 0 Å². The van der Waals surface area contributed by atoms with Crippen molar-refractivity contribution in [3.63, 3.8) is 0 Å². The lowest BCUT2D eigenvalue weighted by Crippen LogP contribution is -2.54. The van der Waals surface area contributed by atoms with E-state index in [1.165, 1.54) is 6.20 Å². The van der Waals surface area contributed by atoms with Crippen LogP contribution in [-0.4, -0.2) is 35.4 Å². The normalized spacial score (nSPS) is 12.4. The molecule has 1 atom stereocenters. The van der Waals surface area contributed by atoms with Gasteiger partial charge < -0.3 is 16.4 Å². The maximum atomic E-state index is 11.9. The molecule has 1 aromatic heterocycles. The zero-order valence-corrected chi connectivity index (χ0v) is 15.3. The van der Waals surface area contributed by atoms with Crippen LogP contribution < -0.4 is 16.4 Å². The molecule has 1 unspecified atom stereocenters. The molecular weight excluding hydrogens is 339 g/mol. The molecule has 2 amide bonds. The fourth-order valence-electron chi connectivity index (χ4n) is 2.22. The Hall–Kier alpha value is -1.37. The summed E-state index contributed by atoms with van der Waals surface area (Å²) in [7, 11) is 0. The van der Waals surface area contributed by atoms with Gasteiger partial charge in [-0.25, -0.2) is 0 Å². The highest BCUT2D eigenvalue weighted by Crippen LogP contribution is 2.14. The lowest BCUT2D eigenvalue weighted by Gasteiger charge is -2.31. The first-order chi connectivity index (χ1) is 9.86. The van der Waals surface area contributed by atoms with Gasteiger partial charge in [-0.3, -0.25) is 14.6 Å². The number of halogens is 2. The number of nitrogens with two attached hydrogens (primary N) is 1. The maximum Gasteiger partial charge on any atom is 0.270 e. The summed E-state index contributed by atoms with van der Waals surface area (Å²) in [6.07, 6.45) is 2.31. The van der Waals surface area contributed by atoms with Crippen LogP contribution in [0.1, 0.15) is 37.7 Å². The summed E-state index contributed by atoms with van der Waals surface area (Å²) in [5.41, 5.74) is 5.57. The molecule has 0 radical (unpaired) electrons. The Kier molecular flexibility index (Phi) is 11.6. The second kappa shape index (κ2) is 11.2. The molecule has 0 spiro atoms. The number of carbonyl (C=O) groups excluding carboxylic acids is 2. The van der Waals surface area contributed by atoms with Gasteiger partial charge in [0.1, 0.15) is 5.69 Å². The highest BCUT2D eigenvalue weighted by molar-refractivity contribution is 5.94. The Labute approximate surface area is 149 Å². The van der Waals surface area contributed by atoms with Crippen molar-refractivity contribution in [1.82, 2.24) is 15.6 Å². The Morgan fingerprint density at radius 1 is 1.30 bits per heavy atom. The van der Waals surface area contributed by atoms with E-state index < -0.39 is 5.54 Å². The zero-order chi connectivity index (χ0) is 15.9. The number of rotatable bonds is 7. The van der Waals surface area contributed by atoms with Gasteiger partial charge >= 0.3 is 0 Å². The summed E-state index contributed by atoms with van der Waals surface area (Å²) in [6, 6.07) is 5.04. The van der Waals surface area contributed by atoms with Crippen molar-refractivity contribution in [3.05, 3.63) is 30.1 Å². The van der Waals surface area contributed by atoms with E-state index in [0.29, 0.717) is 12.5 Å². The average molecular weight is 365 g/mol. The van der Waals surface area contributed by atoms with Crippen LogP contribution in [0.2, 0.25) is 0 Å². The second-order valence-corrected chi connectivity index (χ2v) is 5.81. The standard InChI is InChI=1S/C15H24N4O2.2ClH/c1-11(2)8-15(3,10-16)19-13(20)9-18-14(21)12-6-4-5-7-17-12;;/h4-7,11H,8-10,16H2,1-3H3,(H,18,21)(H,19,20);2*1H. The van der Waals surface area contributed by atoms with Gasteiger partial charge in [-0.2, -0.15) is 0 Å². The molecule has 0 aromatic carbocycles. The highest BCUT2D eigenvalue weighted by atomic mass is 35.5. The van der Waals surface area contributed by atoms with Gasteiger partial charge in [0, 0.05) is 18.3 Å². The molecule has 132 valence electrons. The predicted molar refractivity (Wildman–Crippen MR) is 96.1 cm³/mol. The predicted octanol–water partition coefficient (Wildman–Crippen LogP) is 1.53. The fourth-order valence-corrected chi connectivity index (χ4v) is 2.22. The lowest BCUT2D eigenvalue weighted by molar-refractivity contribution is -0.122. The van der Waals surface area contributed by atoms with Gasteiger partial charge in [-0.05, 0) is 31.4 Å². The summed E-state index contributed by atoms with van der Waals surface area (Å²) in [6.45, 7) is 6.31. The van der Waals surface area contributed by atoms with E-state index >= 15 is 0 Å². The number of hydrogen-bond donors (Lipinski definition) is 3. The minimum absolute atomic E-state index is 0. The summed E-state index contributed by atoms with van der Waals surface area (Å²) < 4.78 is 0. The third kappa shape index (κ3) is 8.74. The maximum absolute atomic E-state index is 11.9. The minimum atomic E-state index is -0.457. The molecule has 6 nitrogen and oxygen atoms in total. The largest absolute Gasteiger partial charge is 0.348 e. The summed E-state index contributed by atoms with van der Waals surface area (Å²) in [5, 5.41) is 5.43. The van der Waals surface area contributed by atoms with Crippen LogP contribution >= 0.6 is 24.8 Å². The number of aromatic nitrogens is 1. The number of carbonyl (C=O) groups is 2. The van der Waals surface area contributed by atoms with E-state index in [-0.39, 0.29) is 48.9 Å². The molecular formula is C15H26Cl2N4O2. The van der Waals surface area contributed by atoms with E-state index in [1.807, 2.05) is 6.92 Å². The van der Waals surface area contributed by atoms with E-state index in [1.54, 1.807) is 18.2 Å². The molecule has 1 aromatic rings. The fraction of sp³-hybridized carbons (Fsp3) is 0.533. The van der Waals surface area contributed by atoms with Crippen molar-refractivity contribution in [2.75, 3.05) is 13.1 Å². The lowest BCUT2D eigenvalue weighted by atomic mass is 9.91. The summed E-state index contributed by atoms with van der Waals surface area (Å²) >= 11 is 0. The van der Waals surface area contributed by atoms with E-state index in [2.05, 4.69) is 29.5 Å². The number of hydrogen-bond acceptors (Lipinski definition) is 4. The van der Waals surface area contributed by atoms with E-state index in [9.17, 15) is 9.59 Å². The van der Waals surface area contributed by atoms with Crippen molar-refractivity contribution in [1.29, 1.82) is 0 Å². The molecule has 1 heterocycles. The molecule has 23 heavy (non-hydrogen) atoms. The number of pyridine rings is 1. The Morgan fingerprint density at radius 2 is 1.96 bits per heavy atom. The summed E-state index contributed by atoms with van der Waals surface area (Å²) in [4.78, 5) is 27.6. The number of amides is 2. The molecule has 0 aliphatic carbocycles. The van der Waals surface area contributed by atoms with Crippen LogP contribution in [0.3, 0.4) is 0 Å². The first-order valence-corrected chi connectivity index (χ1v) is 7.06. The third-order valence-electron chi connectivity index (χ3n) is 3.06. The number of nitrogens with one attached hydrogen (secondary N) is 2. The molecule has 0 bridgehead atoms. The molecule has 8 heteroatoms. The molecule has 1 rings (SSSR count). The van der Waals surface area contributed by atoms with Crippen molar-refractivity contribution in [3.8, 4) is 0 Å². The topological polar surface area (TPSA) is 97.1 Å². The highest BCUT2D eigenvalue weighted by Gasteiger charge is 2.25. The molecule has 4 N–H and O–H groups in total. The molecule has 0 aliphatic heterocycles. The van der Waals surface area contributed by atoms with Gasteiger partial charge in [-0.1, -0.05) is 19.9 Å². The van der Waals surface area contributed by atoms with E-state index in [4.69, 9.17) is 5.73 Å². The molecule has 0 fully saturated rings. The third-order valence-corrected chi connectivity index (χ3v) is 3.06. The monoisotopic (exact) mass is 364 g/mol. The summed E-state index contributed by atoms with van der Waals surface area (Å²) in [5.74, 6) is -0.209. The van der Waals surface area contributed by atoms with Gasteiger partial charge in [0.25, 0.3) is 5.91 Å². The van der Waals surface area contributed by atoms with Crippen LogP contribution in [-0.2, 0) is 4.79 Å². The van der Waals surface area contributed by atoms with Crippen LogP contribution in [0.4, 0.5) is 0 Å². The SMILES string of the molecule is CC(C)CC(C)(CN)NC(=O)CNC(=O)c1ccccn1.Cl.Cl. The van der Waals surface area contributed by atoms with Crippen molar-refractivity contribution in [2.24, 2.45) is 11.7 Å². The van der Waals surface area contributed by atoms with Crippen LogP contribution in [0, 0.1) is 5.92 Å². The van der Waals surface area contributed by atoms with Crippen molar-refractivity contribution < 1.29 is 9.59 Å². The van der Waals surface area contributed by atoms with E-state index in [0.717, 1.165) is 6.42 Å². The second-order valence-electron chi connectivity index (χ2n) is 5.81. The van der Waals surface area contributed by atoms with Crippen LogP contribution in [0.5, 0.6) is 0 Å². The smallest absolute Gasteiger partial charge is 0.270 e. The van der Waals surface area contributed by atoms with Gasteiger partial charge in [0.2, 0.25) is 5.91 Å². The van der Waals surface area contributed by atoms with Gasteiger partial charge in [0.05, 0.1) is 6.54 Å².